The third kappa shape index (κ3) is 4.12. The number of nitrogens with zero attached hydrogens (tertiary/aromatic N) is 3. The summed E-state index contributed by atoms with van der Waals surface area (Å²) in [5, 5.41) is 17.4. The molecule has 0 amide bonds. The van der Waals surface area contributed by atoms with E-state index < -0.39 is 5.97 Å². The highest BCUT2D eigenvalue weighted by Crippen LogP contribution is 2.32. The van der Waals surface area contributed by atoms with Gasteiger partial charge >= 0.3 is 5.97 Å². The average Bonchev–Trinajstić information content (AvgIpc) is 3.42. The minimum Gasteiger partial charge on any atom is -0.477 e. The fourth-order valence-corrected chi connectivity index (χ4v) is 3.62. The van der Waals surface area contributed by atoms with Crippen molar-refractivity contribution in [2.75, 3.05) is 6.54 Å². The molecule has 152 valence electrons. The van der Waals surface area contributed by atoms with Gasteiger partial charge in [-0.15, -0.1) is 0 Å². The molecule has 4 rings (SSSR count). The van der Waals surface area contributed by atoms with Gasteiger partial charge in [0.1, 0.15) is 23.2 Å². The first kappa shape index (κ1) is 19.5. The van der Waals surface area contributed by atoms with Crippen molar-refractivity contribution >= 4 is 17.9 Å². The summed E-state index contributed by atoms with van der Waals surface area (Å²) < 4.78 is 13.6. The number of aromatic amines is 1. The molecule has 1 atom stereocenters. The van der Waals surface area contributed by atoms with E-state index in [0.717, 1.165) is 24.9 Å². The van der Waals surface area contributed by atoms with Crippen LogP contribution in [0, 0.1) is 11.2 Å². The molecule has 1 fully saturated rings. The Hall–Kier alpha value is -3.81. The first-order chi connectivity index (χ1) is 14.5. The maximum Gasteiger partial charge on any atom is 0.354 e. The number of likely N-dealkylation sites (tertiary alicyclic amines) is 1. The number of carboxylic acid groups (broad SMARTS) is 1. The van der Waals surface area contributed by atoms with Gasteiger partial charge in [-0.1, -0.05) is 12.1 Å². The van der Waals surface area contributed by atoms with Crippen molar-refractivity contribution in [1.29, 1.82) is 5.41 Å². The summed E-state index contributed by atoms with van der Waals surface area (Å²) in [6.07, 6.45) is 8.32. The van der Waals surface area contributed by atoms with E-state index in [9.17, 15) is 9.18 Å². The predicted octanol–water partition coefficient (Wildman–Crippen LogP) is 4.14. The molecule has 30 heavy (non-hydrogen) atoms. The predicted molar refractivity (Wildman–Crippen MR) is 111 cm³/mol. The van der Waals surface area contributed by atoms with Gasteiger partial charge in [0.25, 0.3) is 0 Å². The number of H-pyrrole nitrogens is 1. The Bertz CT molecular complexity index is 1110. The van der Waals surface area contributed by atoms with Crippen molar-refractivity contribution in [2.24, 2.45) is 0 Å². The van der Waals surface area contributed by atoms with Crippen LogP contribution < -0.4 is 0 Å². The fourth-order valence-electron chi connectivity index (χ4n) is 3.62. The van der Waals surface area contributed by atoms with Gasteiger partial charge in [0.2, 0.25) is 0 Å². The zero-order chi connectivity index (χ0) is 21.1. The topological polar surface area (TPSA) is 106 Å². The van der Waals surface area contributed by atoms with E-state index in [1.54, 1.807) is 30.5 Å². The molecule has 7 nitrogen and oxygen atoms in total. The highest BCUT2D eigenvalue weighted by atomic mass is 19.1. The lowest BCUT2D eigenvalue weighted by Gasteiger charge is -2.26. The van der Waals surface area contributed by atoms with Crippen LogP contribution in [0.1, 0.15) is 40.8 Å². The number of carboxylic acids is 1. The lowest BCUT2D eigenvalue weighted by molar-refractivity contribution is 0.0690. The van der Waals surface area contributed by atoms with Crippen LogP contribution in [-0.4, -0.2) is 43.3 Å². The third-order valence-electron chi connectivity index (χ3n) is 5.08. The first-order valence-electron chi connectivity index (χ1n) is 9.55. The van der Waals surface area contributed by atoms with Gasteiger partial charge in [-0.25, -0.2) is 19.2 Å². The van der Waals surface area contributed by atoms with Gasteiger partial charge in [0.15, 0.2) is 0 Å². The van der Waals surface area contributed by atoms with E-state index in [4.69, 9.17) is 10.5 Å². The lowest BCUT2D eigenvalue weighted by atomic mass is 10.0. The largest absolute Gasteiger partial charge is 0.477 e. The molecule has 8 heteroatoms. The molecule has 3 aromatic rings. The molecular weight excluding hydrogens is 385 g/mol. The second-order valence-electron chi connectivity index (χ2n) is 7.04. The van der Waals surface area contributed by atoms with E-state index in [-0.39, 0.29) is 17.6 Å². The van der Waals surface area contributed by atoms with Crippen LogP contribution in [0.15, 0.2) is 54.9 Å². The summed E-state index contributed by atoms with van der Waals surface area (Å²) in [4.78, 5) is 24.2. The summed E-state index contributed by atoms with van der Waals surface area (Å²) in [5.74, 6) is -0.437. The molecule has 0 radical (unpaired) electrons. The number of nitrogens with one attached hydrogen (secondary N) is 2. The minimum atomic E-state index is -1.08. The first-order valence-corrected chi connectivity index (χ1v) is 9.55. The maximum atomic E-state index is 13.6. The summed E-state index contributed by atoms with van der Waals surface area (Å²) >= 11 is 0. The Morgan fingerprint density at radius 2 is 2.13 bits per heavy atom. The molecule has 0 spiro atoms. The second-order valence-corrected chi connectivity index (χ2v) is 7.04. The molecule has 1 unspecified atom stereocenters. The van der Waals surface area contributed by atoms with Crippen LogP contribution in [0.25, 0.3) is 17.3 Å². The van der Waals surface area contributed by atoms with Gasteiger partial charge in [0, 0.05) is 18.3 Å². The van der Waals surface area contributed by atoms with Crippen molar-refractivity contribution in [3.8, 4) is 11.3 Å². The molecule has 0 bridgehead atoms. The van der Waals surface area contributed by atoms with Gasteiger partial charge in [-0.2, -0.15) is 0 Å². The standard InChI is InChI=1S/C22H20FN5O2/c23-16-4-1-3-14(11-16)19-5-2-10-28(19)20(24)8-9-21-26-13-18(27-21)15-6-7-17(22(29)30)25-12-15/h1,3-4,6-9,11-13,19,24H,2,5,10H2,(H,26,27)(H,29,30)/b9-8-,24-20?. The quantitative estimate of drug-likeness (QED) is 0.437. The van der Waals surface area contributed by atoms with E-state index in [0.29, 0.717) is 22.9 Å². The number of amidine groups is 1. The van der Waals surface area contributed by atoms with Crippen molar-refractivity contribution in [1.82, 2.24) is 19.9 Å². The number of aromatic carboxylic acids is 1. The number of benzene rings is 1. The molecule has 1 aliphatic heterocycles. The Balaban J connectivity index is 1.46. The van der Waals surface area contributed by atoms with Crippen LogP contribution in [0.2, 0.25) is 0 Å². The molecule has 0 aliphatic carbocycles. The van der Waals surface area contributed by atoms with Gasteiger partial charge in [-0.3, -0.25) is 5.41 Å². The summed E-state index contributed by atoms with van der Waals surface area (Å²) in [5.41, 5.74) is 2.27. The number of pyridine rings is 1. The Morgan fingerprint density at radius 1 is 1.27 bits per heavy atom. The maximum absolute atomic E-state index is 13.6. The highest BCUT2D eigenvalue weighted by Gasteiger charge is 2.27. The molecule has 0 saturated carbocycles. The van der Waals surface area contributed by atoms with Crippen LogP contribution in [-0.2, 0) is 0 Å². The molecule has 1 aliphatic rings. The van der Waals surface area contributed by atoms with Gasteiger partial charge < -0.3 is 15.0 Å². The monoisotopic (exact) mass is 405 g/mol. The summed E-state index contributed by atoms with van der Waals surface area (Å²) in [6.45, 7) is 0.745. The van der Waals surface area contributed by atoms with Crippen molar-refractivity contribution in [3.63, 3.8) is 0 Å². The Kier molecular flexibility index (Phi) is 5.38. The summed E-state index contributed by atoms with van der Waals surface area (Å²) in [7, 11) is 0. The van der Waals surface area contributed by atoms with E-state index in [1.807, 2.05) is 11.0 Å². The number of halogens is 1. The number of hydrogen-bond acceptors (Lipinski definition) is 4. The van der Waals surface area contributed by atoms with Crippen LogP contribution in [0.3, 0.4) is 0 Å². The molecule has 3 heterocycles. The number of carbonyl (C=O) groups is 1. The molecule has 2 aromatic heterocycles. The number of rotatable bonds is 5. The van der Waals surface area contributed by atoms with Gasteiger partial charge in [0.05, 0.1) is 17.9 Å². The second kappa shape index (κ2) is 8.28. The molecule has 3 N–H and O–H groups in total. The molecular formula is C22H20FN5O2. The van der Waals surface area contributed by atoms with E-state index in [2.05, 4.69) is 15.0 Å². The number of aromatic nitrogens is 3. The number of imidazole rings is 1. The van der Waals surface area contributed by atoms with Crippen molar-refractivity contribution < 1.29 is 14.3 Å². The normalized spacial score (nSPS) is 16.3. The fraction of sp³-hybridized carbons (Fsp3) is 0.182. The van der Waals surface area contributed by atoms with Crippen molar-refractivity contribution in [2.45, 2.75) is 18.9 Å². The smallest absolute Gasteiger partial charge is 0.354 e. The average molecular weight is 405 g/mol. The third-order valence-corrected chi connectivity index (χ3v) is 5.08. The molecule has 1 aromatic carbocycles. The van der Waals surface area contributed by atoms with Crippen LogP contribution >= 0.6 is 0 Å². The SMILES string of the molecule is N=C(/C=C\c1ncc(-c2ccc(C(=O)O)nc2)[nH]1)N1CCCC1c1cccc(F)c1. The number of hydrogen-bond donors (Lipinski definition) is 3. The zero-order valence-corrected chi connectivity index (χ0v) is 16.0. The minimum absolute atomic E-state index is 0.0103. The zero-order valence-electron chi connectivity index (χ0n) is 16.0. The van der Waals surface area contributed by atoms with E-state index >= 15 is 0 Å². The lowest BCUT2D eigenvalue weighted by Crippen LogP contribution is -2.28. The Labute approximate surface area is 172 Å². The Morgan fingerprint density at radius 3 is 2.87 bits per heavy atom. The van der Waals surface area contributed by atoms with Crippen LogP contribution in [0.4, 0.5) is 4.39 Å². The summed E-state index contributed by atoms with van der Waals surface area (Å²) in [6, 6.07) is 9.63. The van der Waals surface area contributed by atoms with Crippen LogP contribution in [0.5, 0.6) is 0 Å². The van der Waals surface area contributed by atoms with Gasteiger partial charge in [-0.05, 0) is 54.8 Å². The van der Waals surface area contributed by atoms with Crippen molar-refractivity contribution in [3.05, 3.63) is 77.8 Å². The molecule has 1 saturated heterocycles. The highest BCUT2D eigenvalue weighted by molar-refractivity contribution is 5.94. The van der Waals surface area contributed by atoms with E-state index in [1.165, 1.54) is 24.4 Å².